The van der Waals surface area contributed by atoms with Crippen LogP contribution in [0, 0.1) is 0 Å². The molecule has 2 rings (SSSR count). The van der Waals surface area contributed by atoms with Crippen LogP contribution in [0.3, 0.4) is 0 Å². The molecule has 8 heteroatoms. The van der Waals surface area contributed by atoms with Crippen molar-refractivity contribution in [2.45, 2.75) is 0 Å². The number of hydrogen-bond acceptors (Lipinski definition) is 5. The molecule has 1 aliphatic rings. The number of halogens is 1. The van der Waals surface area contributed by atoms with E-state index in [0.717, 1.165) is 9.80 Å². The number of nitrogens with zero attached hydrogens (tertiary/aromatic N) is 2. The predicted molar refractivity (Wildman–Crippen MR) is 81.3 cm³/mol. The molecule has 1 heterocycles. The van der Waals surface area contributed by atoms with Gasteiger partial charge in [-0.15, -0.1) is 0 Å². The minimum Gasteiger partial charge on any atom is -0.504 e. The number of benzene rings is 1. The fourth-order valence-electron chi connectivity index (χ4n) is 1.99. The van der Waals surface area contributed by atoms with Gasteiger partial charge < -0.3 is 9.84 Å². The van der Waals surface area contributed by atoms with Gasteiger partial charge in [-0.3, -0.25) is 19.4 Å². The molecule has 0 atom stereocenters. The maximum absolute atomic E-state index is 12.1. The number of amides is 4. The molecule has 116 valence electrons. The molecule has 0 bridgehead atoms. The van der Waals surface area contributed by atoms with Crippen molar-refractivity contribution in [3.05, 3.63) is 27.7 Å². The maximum atomic E-state index is 12.1. The molecule has 0 aromatic heterocycles. The van der Waals surface area contributed by atoms with Gasteiger partial charge in [0.2, 0.25) is 0 Å². The highest BCUT2D eigenvalue weighted by Gasteiger charge is 2.38. The van der Waals surface area contributed by atoms with Crippen LogP contribution in [0.15, 0.2) is 22.2 Å². The summed E-state index contributed by atoms with van der Waals surface area (Å²) >= 11 is 3.25. The number of aromatic hydroxyl groups is 1. The van der Waals surface area contributed by atoms with Gasteiger partial charge in [-0.05, 0) is 18.2 Å². The Morgan fingerprint density at radius 3 is 2.18 bits per heavy atom. The summed E-state index contributed by atoms with van der Waals surface area (Å²) in [6.45, 7) is 0. The van der Waals surface area contributed by atoms with E-state index >= 15 is 0 Å². The minimum atomic E-state index is -0.730. The van der Waals surface area contributed by atoms with Gasteiger partial charge in [0.25, 0.3) is 11.8 Å². The fourth-order valence-corrected chi connectivity index (χ4v) is 2.45. The Kier molecular flexibility index (Phi) is 4.23. The SMILES string of the molecule is COc1cc(Br)cc(C=C2C(=O)N(C)C(=O)N(C)C2=O)c1O. The van der Waals surface area contributed by atoms with Crippen LogP contribution in [0.5, 0.6) is 11.5 Å². The average molecular weight is 369 g/mol. The van der Waals surface area contributed by atoms with Crippen molar-refractivity contribution in [3.63, 3.8) is 0 Å². The number of hydrogen-bond donors (Lipinski definition) is 1. The van der Waals surface area contributed by atoms with E-state index in [2.05, 4.69) is 15.9 Å². The van der Waals surface area contributed by atoms with Crippen molar-refractivity contribution in [2.75, 3.05) is 21.2 Å². The molecule has 4 amide bonds. The van der Waals surface area contributed by atoms with Crippen molar-refractivity contribution in [2.24, 2.45) is 0 Å². The van der Waals surface area contributed by atoms with Gasteiger partial charge in [0, 0.05) is 24.1 Å². The lowest BCUT2D eigenvalue weighted by Gasteiger charge is -2.28. The van der Waals surface area contributed by atoms with Crippen molar-refractivity contribution >= 4 is 39.9 Å². The summed E-state index contributed by atoms with van der Waals surface area (Å²) in [5.74, 6) is -1.48. The Labute approximate surface area is 134 Å². The fraction of sp³-hybridized carbons (Fsp3) is 0.214. The van der Waals surface area contributed by atoms with Gasteiger partial charge >= 0.3 is 6.03 Å². The van der Waals surface area contributed by atoms with Gasteiger partial charge in [-0.2, -0.15) is 0 Å². The van der Waals surface area contributed by atoms with E-state index in [-0.39, 0.29) is 22.6 Å². The van der Waals surface area contributed by atoms with E-state index in [1.807, 2.05) is 0 Å². The Balaban J connectivity index is 2.57. The van der Waals surface area contributed by atoms with Gasteiger partial charge in [0.05, 0.1) is 7.11 Å². The molecular formula is C14H13BrN2O5. The highest BCUT2D eigenvalue weighted by Crippen LogP contribution is 2.35. The number of likely N-dealkylation sites (N-methyl/N-ethyl adjacent to an activating group) is 2. The zero-order chi connectivity index (χ0) is 16.6. The third kappa shape index (κ3) is 2.57. The number of urea groups is 1. The van der Waals surface area contributed by atoms with Gasteiger partial charge in [0.1, 0.15) is 5.57 Å². The molecule has 7 nitrogen and oxygen atoms in total. The number of phenols is 1. The number of methoxy groups -OCH3 is 1. The molecule has 1 aliphatic heterocycles. The normalized spacial score (nSPS) is 15.5. The van der Waals surface area contributed by atoms with Crippen molar-refractivity contribution < 1.29 is 24.2 Å². The van der Waals surface area contributed by atoms with E-state index in [9.17, 15) is 19.5 Å². The highest BCUT2D eigenvalue weighted by molar-refractivity contribution is 9.10. The summed E-state index contributed by atoms with van der Waals surface area (Å²) in [7, 11) is 3.95. The van der Waals surface area contributed by atoms with Crippen LogP contribution in [0.4, 0.5) is 4.79 Å². The molecule has 1 saturated heterocycles. The smallest absolute Gasteiger partial charge is 0.333 e. The minimum absolute atomic E-state index is 0.190. The maximum Gasteiger partial charge on any atom is 0.333 e. The van der Waals surface area contributed by atoms with Crippen LogP contribution in [-0.4, -0.2) is 54.0 Å². The topological polar surface area (TPSA) is 87.2 Å². The molecule has 0 saturated carbocycles. The Morgan fingerprint density at radius 1 is 1.14 bits per heavy atom. The van der Waals surface area contributed by atoms with Gasteiger partial charge in [0.15, 0.2) is 11.5 Å². The van der Waals surface area contributed by atoms with Crippen LogP contribution in [0.2, 0.25) is 0 Å². The third-order valence-electron chi connectivity index (χ3n) is 3.23. The predicted octanol–water partition coefficient (Wildman–Crippen LogP) is 1.60. The summed E-state index contributed by atoms with van der Waals surface area (Å²) in [5.41, 5.74) is -0.000808. The Bertz CT molecular complexity index is 687. The van der Waals surface area contributed by atoms with Crippen LogP contribution in [0.1, 0.15) is 5.56 Å². The quantitative estimate of drug-likeness (QED) is 0.632. The van der Waals surface area contributed by atoms with Crippen molar-refractivity contribution in [1.82, 2.24) is 9.80 Å². The molecule has 0 aliphatic carbocycles. The summed E-state index contributed by atoms with van der Waals surface area (Å²) in [4.78, 5) is 37.6. The second-order valence-electron chi connectivity index (χ2n) is 4.61. The number of carbonyl (C=O) groups excluding carboxylic acids is 3. The van der Waals surface area contributed by atoms with Gasteiger partial charge in [-0.1, -0.05) is 15.9 Å². The largest absolute Gasteiger partial charge is 0.504 e. The van der Waals surface area contributed by atoms with E-state index in [4.69, 9.17) is 4.74 Å². The molecule has 1 aromatic rings. The number of rotatable bonds is 2. The molecule has 1 fully saturated rings. The summed E-state index contributed by atoms with van der Waals surface area (Å²) in [6.07, 6.45) is 1.23. The van der Waals surface area contributed by atoms with Crippen LogP contribution >= 0.6 is 15.9 Å². The number of carbonyl (C=O) groups is 3. The lowest BCUT2D eigenvalue weighted by atomic mass is 10.1. The molecule has 0 radical (unpaired) electrons. The van der Waals surface area contributed by atoms with Crippen LogP contribution in [0.25, 0.3) is 6.08 Å². The zero-order valence-electron chi connectivity index (χ0n) is 12.1. The molecule has 0 unspecified atom stereocenters. The third-order valence-corrected chi connectivity index (χ3v) is 3.69. The molecule has 0 spiro atoms. The molecule has 1 N–H and O–H groups in total. The monoisotopic (exact) mass is 368 g/mol. The zero-order valence-corrected chi connectivity index (χ0v) is 13.7. The average Bonchev–Trinajstić information content (AvgIpc) is 2.50. The Morgan fingerprint density at radius 2 is 1.68 bits per heavy atom. The summed E-state index contributed by atoms with van der Waals surface area (Å²) < 4.78 is 5.61. The number of imide groups is 2. The lowest BCUT2D eigenvalue weighted by molar-refractivity contribution is -0.134. The molecule has 22 heavy (non-hydrogen) atoms. The number of barbiturate groups is 1. The van der Waals surface area contributed by atoms with Crippen LogP contribution < -0.4 is 4.74 Å². The second kappa shape index (κ2) is 5.80. The first-order valence-corrected chi connectivity index (χ1v) is 6.95. The molecule has 1 aromatic carbocycles. The van der Waals surface area contributed by atoms with E-state index < -0.39 is 17.8 Å². The first-order chi connectivity index (χ1) is 10.3. The number of phenolic OH excluding ortho intramolecular Hbond substituents is 1. The lowest BCUT2D eigenvalue weighted by Crippen LogP contribution is -2.52. The summed E-state index contributed by atoms with van der Waals surface area (Å²) in [6, 6.07) is 2.37. The standard InChI is InChI=1S/C14H13BrN2O5/c1-16-12(19)9(13(20)17(2)14(16)21)5-7-4-8(15)6-10(22-3)11(7)18/h4-6,18H,1-3H3. The summed E-state index contributed by atoms with van der Waals surface area (Å²) in [5, 5.41) is 10.1. The van der Waals surface area contributed by atoms with E-state index in [0.29, 0.717) is 4.47 Å². The van der Waals surface area contributed by atoms with Crippen LogP contribution in [-0.2, 0) is 9.59 Å². The van der Waals surface area contributed by atoms with Crippen molar-refractivity contribution in [1.29, 1.82) is 0 Å². The number of ether oxygens (including phenoxy) is 1. The van der Waals surface area contributed by atoms with E-state index in [1.165, 1.54) is 33.3 Å². The Hall–Kier alpha value is -2.35. The van der Waals surface area contributed by atoms with E-state index in [1.54, 1.807) is 6.07 Å². The van der Waals surface area contributed by atoms with Crippen molar-refractivity contribution in [3.8, 4) is 11.5 Å². The highest BCUT2D eigenvalue weighted by atomic mass is 79.9. The second-order valence-corrected chi connectivity index (χ2v) is 5.53. The van der Waals surface area contributed by atoms with Gasteiger partial charge in [-0.25, -0.2) is 4.79 Å². The first kappa shape index (κ1) is 16.0. The molecular weight excluding hydrogens is 356 g/mol. The first-order valence-electron chi connectivity index (χ1n) is 6.16.